The van der Waals surface area contributed by atoms with Gasteiger partial charge < -0.3 is 10.5 Å². The summed E-state index contributed by atoms with van der Waals surface area (Å²) in [7, 11) is 1.66. The topological polar surface area (TPSA) is 61.0 Å². The Morgan fingerprint density at radius 3 is 2.75 bits per heavy atom. The molecule has 0 saturated carbocycles. The normalized spacial score (nSPS) is 13.8. The zero-order chi connectivity index (χ0) is 14.5. The average Bonchev–Trinajstić information content (AvgIpc) is 2.44. The van der Waals surface area contributed by atoms with E-state index in [2.05, 4.69) is 16.0 Å². The van der Waals surface area contributed by atoms with Crippen LogP contribution < -0.4 is 10.5 Å². The van der Waals surface area contributed by atoms with Gasteiger partial charge in [-0.15, -0.1) is 0 Å². The van der Waals surface area contributed by atoms with Crippen LogP contribution in [-0.2, 0) is 0 Å². The fourth-order valence-corrected chi connectivity index (χ4v) is 2.94. The van der Waals surface area contributed by atoms with E-state index in [1.54, 1.807) is 25.1 Å². The SMILES string of the molecule is COc1cccc(C(Sc2nccc(C)n2)C(C)N)c1. The van der Waals surface area contributed by atoms with Gasteiger partial charge in [0.05, 0.1) is 12.4 Å². The predicted molar refractivity (Wildman–Crippen MR) is 82.0 cm³/mol. The molecule has 2 atom stereocenters. The lowest BCUT2D eigenvalue weighted by atomic mass is 10.1. The van der Waals surface area contributed by atoms with Crippen molar-refractivity contribution in [3.05, 3.63) is 47.8 Å². The van der Waals surface area contributed by atoms with Gasteiger partial charge in [-0.3, -0.25) is 0 Å². The molecule has 5 heteroatoms. The van der Waals surface area contributed by atoms with Crippen LogP contribution >= 0.6 is 11.8 Å². The van der Waals surface area contributed by atoms with Gasteiger partial charge in [-0.1, -0.05) is 23.9 Å². The van der Waals surface area contributed by atoms with Crippen LogP contribution in [-0.4, -0.2) is 23.1 Å². The molecular formula is C15H19N3OS. The first kappa shape index (κ1) is 14.8. The third-order valence-corrected chi connectivity index (χ3v) is 4.27. The maximum absolute atomic E-state index is 6.13. The lowest BCUT2D eigenvalue weighted by molar-refractivity contribution is 0.414. The zero-order valence-electron chi connectivity index (χ0n) is 11.9. The third kappa shape index (κ3) is 3.71. The largest absolute Gasteiger partial charge is 0.497 e. The molecule has 2 rings (SSSR count). The number of thioether (sulfide) groups is 1. The van der Waals surface area contributed by atoms with Crippen LogP contribution in [0.5, 0.6) is 5.75 Å². The number of methoxy groups -OCH3 is 1. The second-order valence-corrected chi connectivity index (χ2v) is 5.76. The third-order valence-electron chi connectivity index (χ3n) is 2.90. The lowest BCUT2D eigenvalue weighted by Gasteiger charge is -2.20. The van der Waals surface area contributed by atoms with Crippen LogP contribution in [0.15, 0.2) is 41.7 Å². The van der Waals surface area contributed by atoms with Gasteiger partial charge in [-0.05, 0) is 37.6 Å². The van der Waals surface area contributed by atoms with E-state index in [1.165, 1.54) is 0 Å². The van der Waals surface area contributed by atoms with Gasteiger partial charge in [-0.25, -0.2) is 9.97 Å². The van der Waals surface area contributed by atoms with E-state index in [1.807, 2.05) is 38.1 Å². The number of nitrogens with zero attached hydrogens (tertiary/aromatic N) is 2. The first-order valence-corrected chi connectivity index (χ1v) is 7.34. The molecule has 4 nitrogen and oxygen atoms in total. The summed E-state index contributed by atoms with van der Waals surface area (Å²) in [4.78, 5) is 8.72. The van der Waals surface area contributed by atoms with Crippen LogP contribution in [0.25, 0.3) is 0 Å². The number of benzene rings is 1. The summed E-state index contributed by atoms with van der Waals surface area (Å²) in [5, 5.41) is 0.835. The quantitative estimate of drug-likeness (QED) is 0.677. The second-order valence-electron chi connectivity index (χ2n) is 4.65. The summed E-state index contributed by atoms with van der Waals surface area (Å²) >= 11 is 1.58. The Morgan fingerprint density at radius 2 is 2.10 bits per heavy atom. The minimum Gasteiger partial charge on any atom is -0.497 e. The minimum absolute atomic E-state index is 0.0174. The van der Waals surface area contributed by atoms with Gasteiger partial charge in [0.2, 0.25) is 0 Å². The average molecular weight is 289 g/mol. The highest BCUT2D eigenvalue weighted by Crippen LogP contribution is 2.36. The monoisotopic (exact) mass is 289 g/mol. The molecule has 0 amide bonds. The van der Waals surface area contributed by atoms with Crippen LogP contribution in [0.1, 0.15) is 23.4 Å². The molecule has 2 N–H and O–H groups in total. The molecule has 1 heterocycles. The van der Waals surface area contributed by atoms with E-state index in [4.69, 9.17) is 10.5 Å². The minimum atomic E-state index is -0.0174. The van der Waals surface area contributed by atoms with E-state index >= 15 is 0 Å². The molecule has 1 aromatic carbocycles. The first-order valence-electron chi connectivity index (χ1n) is 6.46. The molecule has 1 aromatic heterocycles. The summed E-state index contributed by atoms with van der Waals surface area (Å²) in [6, 6.07) is 9.83. The Kier molecular flexibility index (Phi) is 4.98. The maximum atomic E-state index is 6.13. The van der Waals surface area contributed by atoms with Crippen molar-refractivity contribution in [2.75, 3.05) is 7.11 Å². The van der Waals surface area contributed by atoms with Crippen LogP contribution in [0, 0.1) is 6.92 Å². The summed E-state index contributed by atoms with van der Waals surface area (Å²) in [6.45, 7) is 3.95. The molecule has 0 spiro atoms. The molecular weight excluding hydrogens is 270 g/mol. The summed E-state index contributed by atoms with van der Waals surface area (Å²) in [6.07, 6.45) is 1.77. The first-order chi connectivity index (χ1) is 9.60. The fraction of sp³-hybridized carbons (Fsp3) is 0.333. The number of hydrogen-bond donors (Lipinski definition) is 1. The van der Waals surface area contributed by atoms with Crippen molar-refractivity contribution >= 4 is 11.8 Å². The Labute approximate surface area is 123 Å². The number of ether oxygens (including phenoxy) is 1. The van der Waals surface area contributed by atoms with Crippen LogP contribution in [0.3, 0.4) is 0 Å². The number of rotatable bonds is 5. The lowest BCUT2D eigenvalue weighted by Crippen LogP contribution is -2.22. The molecule has 0 aliphatic carbocycles. The van der Waals surface area contributed by atoms with Crippen molar-refractivity contribution in [3.63, 3.8) is 0 Å². The summed E-state index contributed by atoms with van der Waals surface area (Å²) in [5.41, 5.74) is 8.20. The van der Waals surface area contributed by atoms with Crippen molar-refractivity contribution in [2.45, 2.75) is 30.3 Å². The number of aromatic nitrogens is 2. The van der Waals surface area contributed by atoms with Gasteiger partial charge in [0.1, 0.15) is 5.75 Å². The number of aryl methyl sites for hydroxylation is 1. The molecule has 0 fully saturated rings. The summed E-state index contributed by atoms with van der Waals surface area (Å²) < 4.78 is 5.27. The van der Waals surface area contributed by atoms with Crippen molar-refractivity contribution in [2.24, 2.45) is 5.73 Å². The van der Waals surface area contributed by atoms with E-state index in [9.17, 15) is 0 Å². The number of hydrogen-bond acceptors (Lipinski definition) is 5. The molecule has 0 aliphatic rings. The van der Waals surface area contributed by atoms with Crippen LogP contribution in [0.4, 0.5) is 0 Å². The molecule has 20 heavy (non-hydrogen) atoms. The molecule has 0 radical (unpaired) electrons. The van der Waals surface area contributed by atoms with Crippen molar-refractivity contribution in [1.82, 2.24) is 9.97 Å². The van der Waals surface area contributed by atoms with E-state index < -0.39 is 0 Å². The summed E-state index contributed by atoms with van der Waals surface area (Å²) in [5.74, 6) is 0.832. The van der Waals surface area contributed by atoms with Gasteiger partial charge in [0.25, 0.3) is 0 Å². The predicted octanol–water partition coefficient (Wildman–Crippen LogP) is 2.97. The molecule has 0 saturated heterocycles. The van der Waals surface area contributed by atoms with Crippen molar-refractivity contribution in [1.29, 1.82) is 0 Å². The smallest absolute Gasteiger partial charge is 0.188 e. The fourth-order valence-electron chi connectivity index (χ4n) is 1.89. The van der Waals surface area contributed by atoms with E-state index in [-0.39, 0.29) is 11.3 Å². The van der Waals surface area contributed by atoms with Crippen LogP contribution in [0.2, 0.25) is 0 Å². The standard InChI is InChI=1S/C15H19N3OS/c1-10-7-8-17-15(18-10)20-14(11(2)16)12-5-4-6-13(9-12)19-3/h4-9,11,14H,16H2,1-3H3. The Hall–Kier alpha value is -1.59. The van der Waals surface area contributed by atoms with E-state index in [0.717, 1.165) is 22.2 Å². The molecule has 2 aromatic rings. The van der Waals surface area contributed by atoms with Gasteiger partial charge in [-0.2, -0.15) is 0 Å². The van der Waals surface area contributed by atoms with Gasteiger partial charge in [0, 0.05) is 17.9 Å². The van der Waals surface area contributed by atoms with E-state index in [0.29, 0.717) is 0 Å². The molecule has 0 bridgehead atoms. The molecule has 2 unspecified atom stereocenters. The highest BCUT2D eigenvalue weighted by Gasteiger charge is 2.19. The molecule has 106 valence electrons. The second kappa shape index (κ2) is 6.72. The van der Waals surface area contributed by atoms with Crippen molar-refractivity contribution < 1.29 is 4.74 Å². The highest BCUT2D eigenvalue weighted by atomic mass is 32.2. The maximum Gasteiger partial charge on any atom is 0.188 e. The Morgan fingerprint density at radius 1 is 1.30 bits per heavy atom. The molecule has 0 aliphatic heterocycles. The van der Waals surface area contributed by atoms with Gasteiger partial charge >= 0.3 is 0 Å². The number of nitrogens with two attached hydrogens (primary N) is 1. The zero-order valence-corrected chi connectivity index (χ0v) is 12.7. The Bertz CT molecular complexity index is 575. The Balaban J connectivity index is 2.27. The van der Waals surface area contributed by atoms with Crippen molar-refractivity contribution in [3.8, 4) is 5.75 Å². The highest BCUT2D eigenvalue weighted by molar-refractivity contribution is 7.99. The van der Waals surface area contributed by atoms with Gasteiger partial charge in [0.15, 0.2) is 5.16 Å².